The highest BCUT2D eigenvalue weighted by molar-refractivity contribution is 6.44. The van der Waals surface area contributed by atoms with E-state index in [9.17, 15) is 10.1 Å². The quantitative estimate of drug-likeness (QED) is 0.450. The van der Waals surface area contributed by atoms with Gasteiger partial charge in [-0.3, -0.25) is 10.1 Å². The van der Waals surface area contributed by atoms with E-state index in [0.29, 0.717) is 5.56 Å². The Hall–Kier alpha value is -1.00. The summed E-state index contributed by atoms with van der Waals surface area (Å²) >= 11 is 11.4. The molecule has 70 valence electrons. The van der Waals surface area contributed by atoms with Crippen LogP contribution in [0.25, 0.3) is 0 Å². The third kappa shape index (κ3) is 1.68. The fraction of sp³-hybridized carbons (Fsp3) is 0.143. The first-order valence-corrected chi connectivity index (χ1v) is 4.09. The SMILES string of the molecule is Cc1cc([N+](=O)[O-])c(N)c(Cl)c1Cl. The summed E-state index contributed by atoms with van der Waals surface area (Å²) in [6, 6.07) is 1.30. The molecule has 4 nitrogen and oxygen atoms in total. The minimum atomic E-state index is -0.593. The number of nitrogens with two attached hydrogens (primary N) is 1. The molecule has 0 bridgehead atoms. The van der Waals surface area contributed by atoms with E-state index in [4.69, 9.17) is 28.9 Å². The Morgan fingerprint density at radius 2 is 2.00 bits per heavy atom. The lowest BCUT2D eigenvalue weighted by Gasteiger charge is -2.04. The normalized spacial score (nSPS) is 10.1. The Kier molecular flexibility index (Phi) is 2.63. The topological polar surface area (TPSA) is 69.2 Å². The molecule has 0 heterocycles. The largest absolute Gasteiger partial charge is 0.392 e. The number of hydrogen-bond acceptors (Lipinski definition) is 3. The van der Waals surface area contributed by atoms with Crippen LogP contribution in [0.3, 0.4) is 0 Å². The average molecular weight is 221 g/mol. The van der Waals surface area contributed by atoms with Crippen molar-refractivity contribution >= 4 is 34.6 Å². The molecule has 2 N–H and O–H groups in total. The van der Waals surface area contributed by atoms with Crippen molar-refractivity contribution in [3.05, 3.63) is 31.8 Å². The maximum atomic E-state index is 10.5. The number of rotatable bonds is 1. The molecule has 1 aromatic rings. The Morgan fingerprint density at radius 1 is 1.46 bits per heavy atom. The molecule has 13 heavy (non-hydrogen) atoms. The number of nitro groups is 1. The zero-order valence-corrected chi connectivity index (χ0v) is 8.19. The van der Waals surface area contributed by atoms with Gasteiger partial charge in [-0.2, -0.15) is 0 Å². The molecule has 0 aliphatic carbocycles. The highest BCUT2D eigenvalue weighted by atomic mass is 35.5. The summed E-state index contributed by atoms with van der Waals surface area (Å²) in [5.74, 6) is 0. The van der Waals surface area contributed by atoms with E-state index in [1.54, 1.807) is 6.92 Å². The van der Waals surface area contributed by atoms with E-state index < -0.39 is 4.92 Å². The van der Waals surface area contributed by atoms with Gasteiger partial charge in [0.25, 0.3) is 5.69 Å². The van der Waals surface area contributed by atoms with Gasteiger partial charge in [0.05, 0.1) is 15.0 Å². The molecule has 0 saturated heterocycles. The summed E-state index contributed by atoms with van der Waals surface area (Å²) in [4.78, 5) is 9.87. The van der Waals surface area contributed by atoms with Gasteiger partial charge in [0.1, 0.15) is 5.69 Å². The molecule has 0 radical (unpaired) electrons. The lowest BCUT2D eigenvalue weighted by atomic mass is 10.2. The fourth-order valence-corrected chi connectivity index (χ4v) is 1.30. The van der Waals surface area contributed by atoms with Crippen molar-refractivity contribution in [2.45, 2.75) is 6.92 Å². The van der Waals surface area contributed by atoms with Crippen molar-refractivity contribution < 1.29 is 4.92 Å². The molecule has 0 aliphatic rings. The van der Waals surface area contributed by atoms with Gasteiger partial charge < -0.3 is 5.73 Å². The van der Waals surface area contributed by atoms with E-state index in [1.807, 2.05) is 0 Å². The maximum absolute atomic E-state index is 10.5. The number of nitrogen functional groups attached to an aromatic ring is 1. The summed E-state index contributed by atoms with van der Waals surface area (Å²) in [6.07, 6.45) is 0. The number of hydrogen-bond donors (Lipinski definition) is 1. The highest BCUT2D eigenvalue weighted by Crippen LogP contribution is 2.37. The first-order chi connectivity index (χ1) is 5.95. The first kappa shape index (κ1) is 10.1. The van der Waals surface area contributed by atoms with Gasteiger partial charge in [-0.1, -0.05) is 23.2 Å². The van der Waals surface area contributed by atoms with Crippen molar-refractivity contribution in [3.8, 4) is 0 Å². The third-order valence-corrected chi connectivity index (χ3v) is 2.58. The summed E-state index contributed by atoms with van der Waals surface area (Å²) in [5.41, 5.74) is 5.62. The van der Waals surface area contributed by atoms with E-state index in [0.717, 1.165) is 0 Å². The molecular formula is C7H6Cl2N2O2. The van der Waals surface area contributed by atoms with Crippen LogP contribution in [0.5, 0.6) is 0 Å². The standard InChI is InChI=1S/C7H6Cl2N2O2/c1-3-2-4(11(12)13)7(10)6(9)5(3)8/h2H,10H2,1H3. The second kappa shape index (κ2) is 3.40. The fourth-order valence-electron chi connectivity index (χ4n) is 0.901. The number of halogens is 2. The van der Waals surface area contributed by atoms with Gasteiger partial charge in [0.15, 0.2) is 0 Å². The van der Waals surface area contributed by atoms with Gasteiger partial charge in [0.2, 0.25) is 0 Å². The average Bonchev–Trinajstić information content (AvgIpc) is 2.07. The van der Waals surface area contributed by atoms with Gasteiger partial charge >= 0.3 is 0 Å². The Labute approximate surface area is 84.4 Å². The molecular weight excluding hydrogens is 215 g/mol. The molecule has 0 amide bonds. The smallest absolute Gasteiger partial charge is 0.294 e. The molecule has 1 rings (SSSR count). The van der Waals surface area contributed by atoms with E-state index in [-0.39, 0.29) is 21.4 Å². The predicted octanol–water partition coefficient (Wildman–Crippen LogP) is 2.79. The Bertz CT molecular complexity index is 379. The summed E-state index contributed by atoms with van der Waals surface area (Å²) in [5, 5.41) is 10.8. The van der Waals surface area contributed by atoms with E-state index in [1.165, 1.54) is 6.07 Å². The van der Waals surface area contributed by atoms with Crippen LogP contribution in [0.15, 0.2) is 6.07 Å². The van der Waals surface area contributed by atoms with Crippen LogP contribution >= 0.6 is 23.2 Å². The molecule has 0 aliphatic heterocycles. The molecule has 0 atom stereocenters. The van der Waals surface area contributed by atoms with Crippen molar-refractivity contribution in [2.75, 3.05) is 5.73 Å². The second-order valence-electron chi connectivity index (χ2n) is 2.51. The second-order valence-corrected chi connectivity index (χ2v) is 3.27. The van der Waals surface area contributed by atoms with Crippen LogP contribution in [-0.2, 0) is 0 Å². The van der Waals surface area contributed by atoms with Crippen molar-refractivity contribution in [1.82, 2.24) is 0 Å². The van der Waals surface area contributed by atoms with Crippen molar-refractivity contribution in [3.63, 3.8) is 0 Å². The summed E-state index contributed by atoms with van der Waals surface area (Å²) < 4.78 is 0. The van der Waals surface area contributed by atoms with Crippen LogP contribution < -0.4 is 5.73 Å². The van der Waals surface area contributed by atoms with Crippen LogP contribution in [0, 0.1) is 17.0 Å². The Balaban J connectivity index is 3.50. The van der Waals surface area contributed by atoms with Gasteiger partial charge in [-0.05, 0) is 12.5 Å². The lowest BCUT2D eigenvalue weighted by molar-refractivity contribution is -0.383. The van der Waals surface area contributed by atoms with Crippen molar-refractivity contribution in [2.24, 2.45) is 0 Å². The zero-order chi connectivity index (χ0) is 10.2. The monoisotopic (exact) mass is 220 g/mol. The molecule has 0 fully saturated rings. The number of nitrogens with zero attached hydrogens (tertiary/aromatic N) is 1. The molecule has 1 aromatic carbocycles. The van der Waals surface area contributed by atoms with Gasteiger partial charge in [0, 0.05) is 6.07 Å². The lowest BCUT2D eigenvalue weighted by Crippen LogP contribution is -1.97. The first-order valence-electron chi connectivity index (χ1n) is 3.33. The Morgan fingerprint density at radius 3 is 2.46 bits per heavy atom. The van der Waals surface area contributed by atoms with Crippen LogP contribution in [0.2, 0.25) is 10.0 Å². The number of benzene rings is 1. The van der Waals surface area contributed by atoms with Gasteiger partial charge in [-0.25, -0.2) is 0 Å². The number of anilines is 1. The van der Waals surface area contributed by atoms with Crippen molar-refractivity contribution in [1.29, 1.82) is 0 Å². The zero-order valence-electron chi connectivity index (χ0n) is 6.67. The minimum Gasteiger partial charge on any atom is -0.392 e. The molecule has 6 heteroatoms. The number of aryl methyl sites for hydroxylation is 1. The highest BCUT2D eigenvalue weighted by Gasteiger charge is 2.18. The van der Waals surface area contributed by atoms with Crippen LogP contribution in [0.1, 0.15) is 5.56 Å². The predicted molar refractivity (Wildman–Crippen MR) is 52.3 cm³/mol. The number of nitro benzene ring substituents is 1. The summed E-state index contributed by atoms with van der Waals surface area (Å²) in [7, 11) is 0. The summed E-state index contributed by atoms with van der Waals surface area (Å²) in [6.45, 7) is 1.63. The minimum absolute atomic E-state index is 0.0355. The molecule has 0 saturated carbocycles. The molecule has 0 unspecified atom stereocenters. The van der Waals surface area contributed by atoms with E-state index >= 15 is 0 Å². The van der Waals surface area contributed by atoms with Crippen LogP contribution in [-0.4, -0.2) is 4.92 Å². The van der Waals surface area contributed by atoms with Crippen LogP contribution in [0.4, 0.5) is 11.4 Å². The molecule has 0 aromatic heterocycles. The van der Waals surface area contributed by atoms with E-state index in [2.05, 4.69) is 0 Å². The van der Waals surface area contributed by atoms with Gasteiger partial charge in [-0.15, -0.1) is 0 Å². The molecule has 0 spiro atoms. The maximum Gasteiger partial charge on any atom is 0.294 e. The third-order valence-electron chi connectivity index (χ3n) is 1.60.